The largest absolute Gasteiger partial charge is 0.459 e. The van der Waals surface area contributed by atoms with Crippen LogP contribution in [0.5, 0.6) is 0 Å². The van der Waals surface area contributed by atoms with Crippen molar-refractivity contribution in [3.63, 3.8) is 0 Å². The Labute approximate surface area is 311 Å². The molecule has 1 heterocycles. The van der Waals surface area contributed by atoms with Crippen molar-refractivity contribution in [2.24, 2.45) is 0 Å². The summed E-state index contributed by atoms with van der Waals surface area (Å²) in [6, 6.07) is 8.93. The van der Waals surface area contributed by atoms with Crippen LogP contribution >= 0.6 is 0 Å². The first kappa shape index (κ1) is 44.6. The molecule has 0 bridgehead atoms. The lowest BCUT2D eigenvalue weighted by Crippen LogP contribution is -2.51. The molecule has 0 saturated carbocycles. The molecule has 0 radical (unpaired) electrons. The molecule has 1 aromatic carbocycles. The average Bonchev–Trinajstić information content (AvgIpc) is 2.94. The summed E-state index contributed by atoms with van der Waals surface area (Å²) < 4.78 is 22.8. The summed E-state index contributed by atoms with van der Waals surface area (Å²) in [5.41, 5.74) is -1.54. The quantitative estimate of drug-likeness (QED) is 0.265. The molecule has 1 saturated heterocycles. The normalized spacial score (nSPS) is 18.3. The van der Waals surface area contributed by atoms with E-state index >= 15 is 0 Å². The number of hydrogen-bond acceptors (Lipinski definition) is 13. The van der Waals surface area contributed by atoms with Crippen molar-refractivity contribution in [2.75, 3.05) is 72.0 Å². The molecule has 0 spiro atoms. The first-order valence-corrected chi connectivity index (χ1v) is 18.1. The Morgan fingerprint density at radius 1 is 0.596 bits per heavy atom. The fourth-order valence-electron chi connectivity index (χ4n) is 5.66. The van der Waals surface area contributed by atoms with Gasteiger partial charge in [-0.1, -0.05) is 12.1 Å². The van der Waals surface area contributed by atoms with E-state index in [0.717, 1.165) is 5.56 Å². The topological polar surface area (TPSA) is 142 Å². The maximum atomic E-state index is 13.4. The Kier molecular flexibility index (Phi) is 16.3. The third-order valence-corrected chi connectivity index (χ3v) is 7.51. The first-order valence-electron chi connectivity index (χ1n) is 18.1. The van der Waals surface area contributed by atoms with Crippen molar-refractivity contribution in [3.8, 4) is 6.07 Å². The summed E-state index contributed by atoms with van der Waals surface area (Å²) in [6.07, 6.45) is 0. The second kappa shape index (κ2) is 19.0. The van der Waals surface area contributed by atoms with Crippen LogP contribution in [-0.2, 0) is 38.1 Å². The van der Waals surface area contributed by atoms with Crippen molar-refractivity contribution < 1.29 is 38.1 Å². The second-order valence-corrected chi connectivity index (χ2v) is 17.4. The predicted molar refractivity (Wildman–Crippen MR) is 198 cm³/mol. The van der Waals surface area contributed by atoms with Crippen LogP contribution in [0.3, 0.4) is 0 Å². The molecule has 1 aliphatic heterocycles. The van der Waals surface area contributed by atoms with Crippen molar-refractivity contribution in [1.82, 2.24) is 19.6 Å². The highest BCUT2D eigenvalue weighted by molar-refractivity contribution is 5.73. The third kappa shape index (κ3) is 18.8. The summed E-state index contributed by atoms with van der Waals surface area (Å²) in [7, 11) is 0. The molecule has 13 heteroatoms. The monoisotopic (exact) mass is 729 g/mol. The molecule has 1 fully saturated rings. The summed E-state index contributed by atoms with van der Waals surface area (Å²) in [5.74, 6) is -1.61. The summed E-state index contributed by atoms with van der Waals surface area (Å²) >= 11 is 0. The number of hydrogen-bond donors (Lipinski definition) is 0. The molecule has 1 atom stereocenters. The van der Waals surface area contributed by atoms with Gasteiger partial charge in [-0.3, -0.25) is 38.8 Å². The Balaban J connectivity index is 2.65. The van der Waals surface area contributed by atoms with Crippen LogP contribution in [0.2, 0.25) is 0 Å². The van der Waals surface area contributed by atoms with Gasteiger partial charge in [-0.05, 0) is 101 Å². The van der Waals surface area contributed by atoms with Gasteiger partial charge in [-0.2, -0.15) is 5.26 Å². The van der Waals surface area contributed by atoms with E-state index in [1.165, 1.54) is 0 Å². The zero-order valence-electron chi connectivity index (χ0n) is 33.7. The van der Waals surface area contributed by atoms with E-state index in [-0.39, 0.29) is 38.7 Å². The van der Waals surface area contributed by atoms with E-state index in [2.05, 4.69) is 6.07 Å². The van der Waals surface area contributed by atoms with Gasteiger partial charge in [0.1, 0.15) is 22.4 Å². The third-order valence-electron chi connectivity index (χ3n) is 7.51. The minimum absolute atomic E-state index is 0.00280. The minimum Gasteiger partial charge on any atom is -0.459 e. The Morgan fingerprint density at radius 2 is 0.962 bits per heavy atom. The van der Waals surface area contributed by atoms with Gasteiger partial charge in [0.05, 0.1) is 37.8 Å². The van der Waals surface area contributed by atoms with Gasteiger partial charge in [0, 0.05) is 51.9 Å². The maximum Gasteiger partial charge on any atom is 0.320 e. The van der Waals surface area contributed by atoms with Crippen LogP contribution < -0.4 is 0 Å². The van der Waals surface area contributed by atoms with E-state index in [1.54, 1.807) is 18.2 Å². The number of carbonyl (C=O) groups is 4. The van der Waals surface area contributed by atoms with Gasteiger partial charge in [0.15, 0.2) is 0 Å². The van der Waals surface area contributed by atoms with Crippen molar-refractivity contribution >= 4 is 23.9 Å². The molecule has 1 unspecified atom stereocenters. The molecule has 1 aliphatic rings. The van der Waals surface area contributed by atoms with Gasteiger partial charge >= 0.3 is 23.9 Å². The summed E-state index contributed by atoms with van der Waals surface area (Å²) in [4.78, 5) is 60.8. The number of carbonyl (C=O) groups excluding carboxylic acids is 4. The zero-order chi connectivity index (χ0) is 39.5. The number of benzene rings is 1. The molecule has 2 rings (SSSR count). The van der Waals surface area contributed by atoms with Gasteiger partial charge in [-0.15, -0.1) is 0 Å². The number of nitrogens with zero attached hydrogens (tertiary/aromatic N) is 5. The van der Waals surface area contributed by atoms with E-state index in [0.29, 0.717) is 44.8 Å². The molecule has 13 nitrogen and oxygen atoms in total. The van der Waals surface area contributed by atoms with Crippen LogP contribution in [0, 0.1) is 11.3 Å². The molecule has 0 aliphatic carbocycles. The summed E-state index contributed by atoms with van der Waals surface area (Å²) in [6.45, 7) is 24.2. The SMILES string of the molecule is CC(C)(C)OC(=O)CN1CCN(CC(=O)OC(C)(C)C)CCN(CC(=O)OC(C)(C)C)C(c2cccc(C#N)c2)CN(CC(=O)OC(C)(C)C)CC1. The van der Waals surface area contributed by atoms with Gasteiger partial charge in [0.2, 0.25) is 0 Å². The second-order valence-electron chi connectivity index (χ2n) is 17.4. The smallest absolute Gasteiger partial charge is 0.320 e. The highest BCUT2D eigenvalue weighted by Crippen LogP contribution is 2.25. The minimum atomic E-state index is -0.719. The number of rotatable bonds is 9. The van der Waals surface area contributed by atoms with Gasteiger partial charge < -0.3 is 18.9 Å². The lowest BCUT2D eigenvalue weighted by molar-refractivity contribution is -0.160. The zero-order valence-corrected chi connectivity index (χ0v) is 33.7. The lowest BCUT2D eigenvalue weighted by atomic mass is 10.0. The Hall–Kier alpha value is -3.57. The highest BCUT2D eigenvalue weighted by atomic mass is 16.6. The van der Waals surface area contributed by atoms with E-state index in [4.69, 9.17) is 18.9 Å². The predicted octanol–water partition coefficient (Wildman–Crippen LogP) is 4.19. The molecule has 52 heavy (non-hydrogen) atoms. The van der Waals surface area contributed by atoms with Crippen LogP contribution in [0.1, 0.15) is 100 Å². The maximum absolute atomic E-state index is 13.4. The number of esters is 4. The average molecular weight is 730 g/mol. The van der Waals surface area contributed by atoms with E-state index in [1.807, 2.05) is 109 Å². The lowest BCUT2D eigenvalue weighted by Gasteiger charge is -2.39. The molecular formula is C39H63N5O8. The number of nitriles is 1. The van der Waals surface area contributed by atoms with Gasteiger partial charge in [0.25, 0.3) is 0 Å². The number of ether oxygens (including phenoxy) is 4. The standard InChI is InChI=1S/C39H63N5O8/c1-36(2,3)49-32(45)25-41-16-17-42(26-33(46)50-37(4,5)6)20-21-44(28-35(48)52-39(10,11)12)31(30-15-13-14-29(22-30)23-40)24-43(19-18-41)27-34(47)51-38(7,8)9/h13-15,22,31H,16-21,24-28H2,1-12H3. The first-order chi connectivity index (χ1) is 23.8. The van der Waals surface area contributed by atoms with Crippen LogP contribution in [-0.4, -0.2) is 138 Å². The molecule has 1 aromatic rings. The molecular weight excluding hydrogens is 666 g/mol. The Bertz CT molecular complexity index is 1400. The molecule has 0 N–H and O–H groups in total. The summed E-state index contributed by atoms with van der Waals surface area (Å²) in [5, 5.41) is 9.80. The van der Waals surface area contributed by atoms with E-state index < -0.39 is 46.4 Å². The van der Waals surface area contributed by atoms with Crippen molar-refractivity contribution in [3.05, 3.63) is 35.4 Å². The fraction of sp³-hybridized carbons (Fsp3) is 0.718. The molecule has 292 valence electrons. The van der Waals surface area contributed by atoms with Crippen LogP contribution in [0.4, 0.5) is 0 Å². The highest BCUT2D eigenvalue weighted by Gasteiger charge is 2.31. The van der Waals surface area contributed by atoms with Gasteiger partial charge in [-0.25, -0.2) is 0 Å². The Morgan fingerprint density at radius 3 is 1.37 bits per heavy atom. The van der Waals surface area contributed by atoms with Crippen molar-refractivity contribution in [2.45, 2.75) is 112 Å². The van der Waals surface area contributed by atoms with Crippen LogP contribution in [0.15, 0.2) is 24.3 Å². The van der Waals surface area contributed by atoms with E-state index in [9.17, 15) is 24.4 Å². The fourth-order valence-corrected chi connectivity index (χ4v) is 5.66. The molecule has 0 aromatic heterocycles. The molecule has 0 amide bonds. The van der Waals surface area contributed by atoms with Crippen molar-refractivity contribution in [1.29, 1.82) is 5.26 Å². The van der Waals surface area contributed by atoms with Crippen LogP contribution in [0.25, 0.3) is 0 Å².